The predicted octanol–water partition coefficient (Wildman–Crippen LogP) is 4.50. The van der Waals surface area contributed by atoms with Crippen molar-refractivity contribution in [3.63, 3.8) is 0 Å². The van der Waals surface area contributed by atoms with E-state index in [4.69, 9.17) is 0 Å². The van der Waals surface area contributed by atoms with Gasteiger partial charge in [-0.2, -0.15) is 0 Å². The second kappa shape index (κ2) is 5.74. The van der Waals surface area contributed by atoms with Crippen LogP contribution in [-0.4, -0.2) is 30.1 Å². The molecule has 1 heterocycles. The molecule has 0 spiro atoms. The average molecular weight is 333 g/mol. The molecule has 3 rings (SSSR count). The summed E-state index contributed by atoms with van der Waals surface area (Å²) in [6.45, 7) is 6.89. The van der Waals surface area contributed by atoms with Crippen LogP contribution in [-0.2, 0) is 0 Å². The van der Waals surface area contributed by atoms with Crippen molar-refractivity contribution < 1.29 is 0 Å². The summed E-state index contributed by atoms with van der Waals surface area (Å²) >= 11 is 3.64. The molecule has 1 unspecified atom stereocenters. The van der Waals surface area contributed by atoms with Crippen LogP contribution in [0.15, 0.2) is 40.9 Å². The molecule has 2 aromatic rings. The Kier molecular flexibility index (Phi) is 3.99. The van der Waals surface area contributed by atoms with Crippen molar-refractivity contribution in [3.05, 3.63) is 40.9 Å². The van der Waals surface area contributed by atoms with Gasteiger partial charge in [-0.15, -0.1) is 0 Å². The smallest absolute Gasteiger partial charge is 0.0423 e. The molecule has 1 N–H and O–H groups in total. The summed E-state index contributed by atoms with van der Waals surface area (Å²) in [4.78, 5) is 2.54. The number of benzene rings is 2. The molecule has 1 aliphatic heterocycles. The summed E-state index contributed by atoms with van der Waals surface area (Å²) in [5.41, 5.74) is 1.25. The highest BCUT2D eigenvalue weighted by Crippen LogP contribution is 2.31. The number of fused-ring (bicyclic) bond motifs is 1. The first-order valence-corrected chi connectivity index (χ1v) is 8.12. The van der Waals surface area contributed by atoms with Gasteiger partial charge >= 0.3 is 0 Å². The molecule has 2 aromatic carbocycles. The molecule has 2 nitrogen and oxygen atoms in total. The number of hydrogen-bond donors (Lipinski definition) is 1. The predicted molar refractivity (Wildman–Crippen MR) is 90.4 cm³/mol. The molecular weight excluding hydrogens is 312 g/mol. The van der Waals surface area contributed by atoms with E-state index >= 15 is 0 Å². The lowest BCUT2D eigenvalue weighted by atomic mass is 10.1. The van der Waals surface area contributed by atoms with Crippen LogP contribution >= 0.6 is 15.9 Å². The lowest BCUT2D eigenvalue weighted by Crippen LogP contribution is -2.31. The van der Waals surface area contributed by atoms with Gasteiger partial charge in [0.2, 0.25) is 0 Å². The summed E-state index contributed by atoms with van der Waals surface area (Å²) in [7, 11) is 0. The van der Waals surface area contributed by atoms with E-state index in [0.29, 0.717) is 12.1 Å². The zero-order valence-electron chi connectivity index (χ0n) is 12.1. The number of nitrogens with one attached hydrogen (secondary N) is 1. The van der Waals surface area contributed by atoms with Gasteiger partial charge in [-0.05, 0) is 37.8 Å². The van der Waals surface area contributed by atoms with E-state index < -0.39 is 0 Å². The largest absolute Gasteiger partial charge is 0.380 e. The minimum atomic E-state index is 0.557. The van der Waals surface area contributed by atoms with Crippen LogP contribution in [0.5, 0.6) is 0 Å². The van der Waals surface area contributed by atoms with E-state index in [1.807, 2.05) is 0 Å². The zero-order chi connectivity index (χ0) is 14.1. The van der Waals surface area contributed by atoms with Gasteiger partial charge in [0.15, 0.2) is 0 Å². The fraction of sp³-hybridized carbons (Fsp3) is 0.412. The molecule has 0 bridgehead atoms. The van der Waals surface area contributed by atoms with Crippen molar-refractivity contribution in [2.75, 3.05) is 18.4 Å². The monoisotopic (exact) mass is 332 g/mol. The second-order valence-electron chi connectivity index (χ2n) is 5.86. The molecule has 0 saturated carbocycles. The quantitative estimate of drug-likeness (QED) is 0.890. The van der Waals surface area contributed by atoms with E-state index in [9.17, 15) is 0 Å². The molecule has 1 saturated heterocycles. The fourth-order valence-corrected chi connectivity index (χ4v) is 3.46. The van der Waals surface area contributed by atoms with Gasteiger partial charge in [-0.25, -0.2) is 0 Å². The lowest BCUT2D eigenvalue weighted by molar-refractivity contribution is 0.274. The van der Waals surface area contributed by atoms with Crippen molar-refractivity contribution >= 4 is 32.4 Å². The van der Waals surface area contributed by atoms with Gasteiger partial charge in [0, 0.05) is 40.7 Å². The van der Waals surface area contributed by atoms with E-state index in [-0.39, 0.29) is 0 Å². The Morgan fingerprint density at radius 3 is 2.60 bits per heavy atom. The maximum Gasteiger partial charge on any atom is 0.0423 e. The highest BCUT2D eigenvalue weighted by Gasteiger charge is 2.24. The normalized spacial score (nSPS) is 19.9. The minimum Gasteiger partial charge on any atom is -0.380 e. The maximum absolute atomic E-state index is 3.73. The van der Waals surface area contributed by atoms with Crippen molar-refractivity contribution in [1.29, 1.82) is 0 Å². The minimum absolute atomic E-state index is 0.557. The number of rotatable bonds is 3. The first-order chi connectivity index (χ1) is 9.65. The first-order valence-electron chi connectivity index (χ1n) is 7.33. The maximum atomic E-state index is 3.73. The number of anilines is 1. The zero-order valence-corrected chi connectivity index (χ0v) is 13.7. The summed E-state index contributed by atoms with van der Waals surface area (Å²) < 4.78 is 1.16. The third-order valence-corrected chi connectivity index (χ3v) is 4.87. The highest BCUT2D eigenvalue weighted by atomic mass is 79.9. The van der Waals surface area contributed by atoms with Gasteiger partial charge in [-0.3, -0.25) is 4.90 Å². The second-order valence-corrected chi connectivity index (χ2v) is 6.71. The van der Waals surface area contributed by atoms with Crippen molar-refractivity contribution in [2.45, 2.75) is 32.4 Å². The van der Waals surface area contributed by atoms with Crippen LogP contribution < -0.4 is 5.32 Å². The highest BCUT2D eigenvalue weighted by molar-refractivity contribution is 9.10. The SMILES string of the molecule is CC(C)N1CCC(Nc2ccc(Br)c3ccccc23)C1. The summed E-state index contributed by atoms with van der Waals surface area (Å²) in [6, 6.07) is 14.1. The van der Waals surface area contributed by atoms with Crippen LogP contribution in [0.3, 0.4) is 0 Å². The fourth-order valence-electron chi connectivity index (χ4n) is 2.98. The van der Waals surface area contributed by atoms with Crippen LogP contribution in [0.4, 0.5) is 5.69 Å². The Labute approximate surface area is 129 Å². The molecule has 0 radical (unpaired) electrons. The van der Waals surface area contributed by atoms with Crippen LogP contribution in [0.25, 0.3) is 10.8 Å². The van der Waals surface area contributed by atoms with E-state index in [2.05, 4.69) is 76.4 Å². The Hall–Kier alpha value is -1.06. The molecule has 1 aliphatic rings. The summed E-state index contributed by atoms with van der Waals surface area (Å²) in [5, 5.41) is 6.30. The van der Waals surface area contributed by atoms with Crippen LogP contribution in [0.2, 0.25) is 0 Å². The third-order valence-electron chi connectivity index (χ3n) is 4.18. The summed E-state index contributed by atoms with van der Waals surface area (Å²) in [5.74, 6) is 0. The Morgan fingerprint density at radius 1 is 1.15 bits per heavy atom. The lowest BCUT2D eigenvalue weighted by Gasteiger charge is -2.21. The van der Waals surface area contributed by atoms with Gasteiger partial charge in [0.1, 0.15) is 0 Å². The van der Waals surface area contributed by atoms with Gasteiger partial charge in [0.25, 0.3) is 0 Å². The summed E-state index contributed by atoms with van der Waals surface area (Å²) in [6.07, 6.45) is 1.22. The number of hydrogen-bond acceptors (Lipinski definition) is 2. The van der Waals surface area contributed by atoms with Crippen molar-refractivity contribution in [1.82, 2.24) is 4.90 Å². The molecular formula is C17H21BrN2. The molecule has 0 amide bonds. The standard InChI is InChI=1S/C17H21BrN2/c1-12(2)20-10-9-13(11-20)19-17-8-7-16(18)14-5-3-4-6-15(14)17/h3-8,12-13,19H,9-11H2,1-2H3. The van der Waals surface area contributed by atoms with Crippen LogP contribution in [0.1, 0.15) is 20.3 Å². The Bertz CT molecular complexity index is 609. The molecule has 1 fully saturated rings. The molecule has 106 valence electrons. The van der Waals surface area contributed by atoms with E-state index in [1.165, 1.54) is 29.4 Å². The molecule has 0 aliphatic carbocycles. The topological polar surface area (TPSA) is 15.3 Å². The molecule has 0 aromatic heterocycles. The van der Waals surface area contributed by atoms with E-state index in [0.717, 1.165) is 11.0 Å². The van der Waals surface area contributed by atoms with E-state index in [1.54, 1.807) is 0 Å². The van der Waals surface area contributed by atoms with Gasteiger partial charge in [-0.1, -0.05) is 40.2 Å². The molecule has 20 heavy (non-hydrogen) atoms. The Morgan fingerprint density at radius 2 is 1.90 bits per heavy atom. The van der Waals surface area contributed by atoms with Crippen molar-refractivity contribution in [3.8, 4) is 0 Å². The van der Waals surface area contributed by atoms with Crippen LogP contribution in [0, 0.1) is 0 Å². The molecule has 1 atom stereocenters. The van der Waals surface area contributed by atoms with Gasteiger partial charge < -0.3 is 5.32 Å². The number of halogens is 1. The van der Waals surface area contributed by atoms with Gasteiger partial charge in [0.05, 0.1) is 0 Å². The van der Waals surface area contributed by atoms with Crippen molar-refractivity contribution in [2.24, 2.45) is 0 Å². The third kappa shape index (κ3) is 2.70. The number of nitrogens with zero attached hydrogens (tertiary/aromatic N) is 1. The average Bonchev–Trinajstić information content (AvgIpc) is 2.91. The number of likely N-dealkylation sites (tertiary alicyclic amines) is 1. The Balaban J connectivity index is 1.84. The first kappa shape index (κ1) is 13.9. The molecule has 3 heteroatoms.